The minimum atomic E-state index is -3.45. The minimum absolute atomic E-state index is 0.0549. The molecule has 1 heterocycles. The van der Waals surface area contributed by atoms with Crippen LogP contribution in [0.1, 0.15) is 12.8 Å². The maximum atomic E-state index is 11.7. The average Bonchev–Trinajstić information content (AvgIpc) is 3.14. The first kappa shape index (κ1) is 12.0. The maximum absolute atomic E-state index is 11.7. The van der Waals surface area contributed by atoms with E-state index in [1.54, 1.807) is 0 Å². The lowest BCUT2D eigenvalue weighted by Crippen LogP contribution is -2.30. The van der Waals surface area contributed by atoms with E-state index in [1.807, 2.05) is 0 Å². The predicted molar refractivity (Wildman–Crippen MR) is 59.8 cm³/mol. The lowest BCUT2D eigenvalue weighted by Gasteiger charge is -2.04. The number of carbonyl (C=O) groups is 1. The van der Waals surface area contributed by atoms with Gasteiger partial charge in [0.2, 0.25) is 5.91 Å². The molecule has 0 bridgehead atoms. The highest BCUT2D eigenvalue weighted by Crippen LogP contribution is 2.28. The Morgan fingerprint density at radius 1 is 1.41 bits per heavy atom. The zero-order valence-corrected chi connectivity index (χ0v) is 9.98. The van der Waals surface area contributed by atoms with Crippen molar-refractivity contribution < 1.29 is 13.2 Å². The van der Waals surface area contributed by atoms with E-state index in [2.05, 4.69) is 15.3 Å². The summed E-state index contributed by atoms with van der Waals surface area (Å²) in [5, 5.41) is 2.55. The Morgan fingerprint density at radius 3 is 2.76 bits per heavy atom. The summed E-state index contributed by atoms with van der Waals surface area (Å²) in [5.41, 5.74) is 0. The lowest BCUT2D eigenvalue weighted by atomic mass is 10.4. The Labute approximate surface area is 99.4 Å². The van der Waals surface area contributed by atoms with Crippen molar-refractivity contribution in [2.45, 2.75) is 17.9 Å². The molecule has 0 radical (unpaired) electrons. The number of carbonyl (C=O) groups excluding carboxylic acids is 1. The molecule has 1 aromatic rings. The molecule has 1 amide bonds. The Bertz CT molecular complexity index is 497. The van der Waals surface area contributed by atoms with Gasteiger partial charge in [0.1, 0.15) is 0 Å². The molecule has 0 spiro atoms. The van der Waals surface area contributed by atoms with Crippen molar-refractivity contribution >= 4 is 15.7 Å². The van der Waals surface area contributed by atoms with Gasteiger partial charge in [-0.2, -0.15) is 0 Å². The number of nitrogens with zero attached hydrogens (tertiary/aromatic N) is 2. The van der Waals surface area contributed by atoms with Gasteiger partial charge in [-0.3, -0.25) is 9.78 Å². The highest BCUT2D eigenvalue weighted by Gasteiger charge is 2.29. The van der Waals surface area contributed by atoms with Crippen LogP contribution < -0.4 is 5.32 Å². The van der Waals surface area contributed by atoms with E-state index >= 15 is 0 Å². The fourth-order valence-corrected chi connectivity index (χ4v) is 2.37. The van der Waals surface area contributed by atoms with E-state index in [0.717, 1.165) is 12.8 Å². The number of rotatable bonds is 5. The van der Waals surface area contributed by atoms with Crippen molar-refractivity contribution in [1.29, 1.82) is 0 Å². The summed E-state index contributed by atoms with van der Waals surface area (Å²) in [5.74, 6) is -0.113. The van der Waals surface area contributed by atoms with E-state index in [-0.39, 0.29) is 29.1 Å². The summed E-state index contributed by atoms with van der Waals surface area (Å²) in [6.45, 7) is 0.119. The quantitative estimate of drug-likeness (QED) is 0.785. The molecule has 6 nitrogen and oxygen atoms in total. The molecule has 0 aromatic carbocycles. The second-order valence-electron chi connectivity index (χ2n) is 3.93. The number of sulfone groups is 1. The smallest absolute Gasteiger partial charge is 0.223 e. The van der Waals surface area contributed by atoms with E-state index in [4.69, 9.17) is 0 Å². The van der Waals surface area contributed by atoms with Gasteiger partial charge in [0, 0.05) is 24.9 Å². The SMILES string of the molecule is O=C(NCCS(=O)(=O)c1cnccn1)C1CC1. The minimum Gasteiger partial charge on any atom is -0.355 e. The topological polar surface area (TPSA) is 89.0 Å². The largest absolute Gasteiger partial charge is 0.355 e. The zero-order valence-electron chi connectivity index (χ0n) is 9.17. The summed E-state index contributed by atoms with van der Waals surface area (Å²) in [4.78, 5) is 18.7. The first-order valence-electron chi connectivity index (χ1n) is 5.36. The van der Waals surface area contributed by atoms with Crippen LogP contribution in [-0.2, 0) is 14.6 Å². The first-order valence-corrected chi connectivity index (χ1v) is 7.01. The van der Waals surface area contributed by atoms with E-state index in [1.165, 1.54) is 18.6 Å². The zero-order chi connectivity index (χ0) is 12.3. The second-order valence-corrected chi connectivity index (χ2v) is 5.98. The summed E-state index contributed by atoms with van der Waals surface area (Å²) < 4.78 is 23.5. The van der Waals surface area contributed by atoms with Gasteiger partial charge in [-0.15, -0.1) is 0 Å². The molecule has 92 valence electrons. The highest BCUT2D eigenvalue weighted by molar-refractivity contribution is 7.91. The molecule has 7 heteroatoms. The number of nitrogens with one attached hydrogen (secondary N) is 1. The van der Waals surface area contributed by atoms with E-state index in [0.29, 0.717) is 0 Å². The molecule has 2 rings (SSSR count). The summed E-state index contributed by atoms with van der Waals surface area (Å²) in [7, 11) is -3.45. The van der Waals surface area contributed by atoms with Gasteiger partial charge in [-0.05, 0) is 12.8 Å². The van der Waals surface area contributed by atoms with Crippen molar-refractivity contribution in [3.63, 3.8) is 0 Å². The van der Waals surface area contributed by atoms with Crippen molar-refractivity contribution in [1.82, 2.24) is 15.3 Å². The third-order valence-electron chi connectivity index (χ3n) is 2.48. The third kappa shape index (κ3) is 3.23. The Balaban J connectivity index is 1.87. The van der Waals surface area contributed by atoms with Crippen molar-refractivity contribution in [2.75, 3.05) is 12.3 Å². The van der Waals surface area contributed by atoms with Gasteiger partial charge in [0.15, 0.2) is 14.9 Å². The lowest BCUT2D eigenvalue weighted by molar-refractivity contribution is -0.122. The number of hydrogen-bond acceptors (Lipinski definition) is 5. The molecule has 1 aromatic heterocycles. The average molecular weight is 255 g/mol. The molecule has 0 aliphatic heterocycles. The van der Waals surface area contributed by atoms with Gasteiger partial charge < -0.3 is 5.32 Å². The third-order valence-corrected chi connectivity index (χ3v) is 4.07. The van der Waals surface area contributed by atoms with E-state index < -0.39 is 9.84 Å². The summed E-state index contributed by atoms with van der Waals surface area (Å²) in [6.07, 6.45) is 5.76. The van der Waals surface area contributed by atoms with Crippen molar-refractivity contribution in [3.8, 4) is 0 Å². The predicted octanol–water partition coefficient (Wildman–Crippen LogP) is -0.224. The fraction of sp³-hybridized carbons (Fsp3) is 0.500. The standard InChI is InChI=1S/C10H13N3O3S/c14-10(8-1-2-8)13-5-6-17(15,16)9-7-11-3-4-12-9/h3-4,7-8H,1-2,5-6H2,(H,13,14). The van der Waals surface area contributed by atoms with Gasteiger partial charge in [0.05, 0.1) is 11.9 Å². The van der Waals surface area contributed by atoms with Crippen LogP contribution in [-0.4, -0.2) is 36.6 Å². The monoisotopic (exact) mass is 255 g/mol. The molecule has 0 atom stereocenters. The van der Waals surface area contributed by atoms with Crippen LogP contribution in [0.5, 0.6) is 0 Å². The molecule has 1 N–H and O–H groups in total. The van der Waals surface area contributed by atoms with Crippen LogP contribution in [0.2, 0.25) is 0 Å². The van der Waals surface area contributed by atoms with Crippen LogP contribution in [0.25, 0.3) is 0 Å². The molecule has 1 fully saturated rings. The Kier molecular flexibility index (Phi) is 3.37. The van der Waals surface area contributed by atoms with Gasteiger partial charge in [0.25, 0.3) is 0 Å². The molecule has 0 saturated heterocycles. The van der Waals surface area contributed by atoms with Gasteiger partial charge in [-0.1, -0.05) is 0 Å². The Hall–Kier alpha value is -1.50. The molecule has 0 unspecified atom stereocenters. The number of aromatic nitrogens is 2. The van der Waals surface area contributed by atoms with Crippen LogP contribution in [0.3, 0.4) is 0 Å². The summed E-state index contributed by atoms with van der Waals surface area (Å²) in [6, 6.07) is 0. The van der Waals surface area contributed by atoms with Gasteiger partial charge in [-0.25, -0.2) is 13.4 Å². The summed E-state index contributed by atoms with van der Waals surface area (Å²) >= 11 is 0. The number of hydrogen-bond donors (Lipinski definition) is 1. The van der Waals surface area contributed by atoms with Gasteiger partial charge >= 0.3 is 0 Å². The van der Waals surface area contributed by atoms with Crippen molar-refractivity contribution in [3.05, 3.63) is 18.6 Å². The molecule has 1 aliphatic rings. The maximum Gasteiger partial charge on any atom is 0.223 e. The Morgan fingerprint density at radius 2 is 2.18 bits per heavy atom. The van der Waals surface area contributed by atoms with Crippen LogP contribution in [0, 0.1) is 5.92 Å². The molecule has 1 saturated carbocycles. The molecular weight excluding hydrogens is 242 g/mol. The molecule has 1 aliphatic carbocycles. The van der Waals surface area contributed by atoms with Crippen molar-refractivity contribution in [2.24, 2.45) is 5.92 Å². The molecular formula is C10H13N3O3S. The van der Waals surface area contributed by atoms with Crippen LogP contribution in [0.4, 0.5) is 0 Å². The molecule has 17 heavy (non-hydrogen) atoms. The fourth-order valence-electron chi connectivity index (χ4n) is 1.35. The first-order chi connectivity index (χ1) is 8.09. The normalized spacial score (nSPS) is 15.5. The van der Waals surface area contributed by atoms with E-state index in [9.17, 15) is 13.2 Å². The number of amides is 1. The van der Waals surface area contributed by atoms with Crippen LogP contribution >= 0.6 is 0 Å². The second kappa shape index (κ2) is 4.79. The van der Waals surface area contributed by atoms with Crippen LogP contribution in [0.15, 0.2) is 23.6 Å². The highest BCUT2D eigenvalue weighted by atomic mass is 32.2.